The van der Waals surface area contributed by atoms with Gasteiger partial charge in [-0.2, -0.15) is 0 Å². The first-order valence-electron chi connectivity index (χ1n) is 6.84. The molecular formula is C14H17N3O2S. The molecule has 3 rings (SSSR count). The number of fused-ring (bicyclic) bond motifs is 1. The molecule has 1 fully saturated rings. The molecule has 0 saturated carbocycles. The smallest absolute Gasteiger partial charge is 0.337 e. The highest BCUT2D eigenvalue weighted by Crippen LogP contribution is 2.35. The predicted molar refractivity (Wildman–Crippen MR) is 77.7 cm³/mol. The highest BCUT2D eigenvalue weighted by atomic mass is 32.1. The van der Waals surface area contributed by atoms with Crippen LogP contribution in [0.3, 0.4) is 0 Å². The van der Waals surface area contributed by atoms with Crippen LogP contribution in [0.4, 0.5) is 0 Å². The van der Waals surface area contributed by atoms with Crippen LogP contribution in [0, 0.1) is 5.92 Å². The van der Waals surface area contributed by atoms with Gasteiger partial charge in [-0.05, 0) is 19.3 Å². The molecule has 1 unspecified atom stereocenters. The second kappa shape index (κ2) is 5.36. The van der Waals surface area contributed by atoms with Gasteiger partial charge in [0, 0.05) is 23.8 Å². The molecule has 106 valence electrons. The van der Waals surface area contributed by atoms with Crippen molar-refractivity contribution in [3.05, 3.63) is 27.9 Å². The summed E-state index contributed by atoms with van der Waals surface area (Å²) in [6.45, 7) is 5.65. The molecule has 0 radical (unpaired) electrons. The molecule has 3 heterocycles. The standard InChI is InChI=1S/C14H17N3O2S/c1-3-19-14(18)10-8-16-12(13-15-5-7-20-13)17-6-4-9(2)11(10)17/h5,7,9H,3-4,6,8H2,1-2H3. The lowest BCUT2D eigenvalue weighted by Crippen LogP contribution is -2.34. The van der Waals surface area contributed by atoms with Crippen LogP contribution >= 0.6 is 11.3 Å². The Kier molecular flexibility index (Phi) is 3.56. The minimum absolute atomic E-state index is 0.233. The summed E-state index contributed by atoms with van der Waals surface area (Å²) in [5.41, 5.74) is 1.78. The van der Waals surface area contributed by atoms with E-state index < -0.39 is 0 Å². The van der Waals surface area contributed by atoms with E-state index in [1.165, 1.54) is 0 Å². The Bertz CT molecular complexity index is 577. The number of carbonyl (C=O) groups excluding carboxylic acids is 1. The van der Waals surface area contributed by atoms with E-state index in [1.807, 2.05) is 12.3 Å². The number of allylic oxidation sites excluding steroid dienone is 1. The first-order chi connectivity index (χ1) is 9.72. The van der Waals surface area contributed by atoms with Crippen LogP contribution in [0.25, 0.3) is 0 Å². The van der Waals surface area contributed by atoms with Gasteiger partial charge in [-0.15, -0.1) is 11.3 Å². The highest BCUT2D eigenvalue weighted by molar-refractivity contribution is 7.11. The second-order valence-corrected chi connectivity index (χ2v) is 5.80. The maximum Gasteiger partial charge on any atom is 0.337 e. The Balaban J connectivity index is 1.96. The summed E-state index contributed by atoms with van der Waals surface area (Å²) >= 11 is 1.58. The van der Waals surface area contributed by atoms with Crippen LogP contribution in [0.5, 0.6) is 0 Å². The Morgan fingerprint density at radius 3 is 3.15 bits per heavy atom. The van der Waals surface area contributed by atoms with E-state index in [1.54, 1.807) is 17.5 Å². The molecule has 5 nitrogen and oxygen atoms in total. The SMILES string of the molecule is CCOC(=O)C1=C2C(C)CCN2C(c2nccs2)=NC1. The highest BCUT2D eigenvalue weighted by Gasteiger charge is 2.36. The Labute approximate surface area is 122 Å². The van der Waals surface area contributed by atoms with Crippen molar-refractivity contribution in [2.45, 2.75) is 20.3 Å². The summed E-state index contributed by atoms with van der Waals surface area (Å²) in [7, 11) is 0. The second-order valence-electron chi connectivity index (χ2n) is 4.90. The van der Waals surface area contributed by atoms with E-state index in [9.17, 15) is 4.79 Å². The van der Waals surface area contributed by atoms with Gasteiger partial charge >= 0.3 is 5.97 Å². The van der Waals surface area contributed by atoms with Crippen molar-refractivity contribution in [3.63, 3.8) is 0 Å². The maximum absolute atomic E-state index is 12.1. The molecule has 0 aromatic carbocycles. The third-order valence-corrected chi connectivity index (χ3v) is 4.41. The van der Waals surface area contributed by atoms with E-state index in [-0.39, 0.29) is 5.97 Å². The van der Waals surface area contributed by atoms with Gasteiger partial charge in [0.05, 0.1) is 18.7 Å². The van der Waals surface area contributed by atoms with Crippen LogP contribution in [-0.4, -0.2) is 41.4 Å². The van der Waals surface area contributed by atoms with Crippen molar-refractivity contribution in [2.24, 2.45) is 10.9 Å². The van der Waals surface area contributed by atoms with Crippen LogP contribution < -0.4 is 0 Å². The lowest BCUT2D eigenvalue weighted by Gasteiger charge is -2.28. The number of hydrogen-bond donors (Lipinski definition) is 0. The lowest BCUT2D eigenvalue weighted by atomic mass is 10.0. The maximum atomic E-state index is 12.1. The molecule has 20 heavy (non-hydrogen) atoms. The summed E-state index contributed by atoms with van der Waals surface area (Å²) in [4.78, 5) is 23.1. The van der Waals surface area contributed by atoms with E-state index in [0.717, 1.165) is 29.5 Å². The van der Waals surface area contributed by atoms with Crippen molar-refractivity contribution in [1.82, 2.24) is 9.88 Å². The van der Waals surface area contributed by atoms with Crippen LogP contribution in [0.2, 0.25) is 0 Å². The molecule has 0 amide bonds. The van der Waals surface area contributed by atoms with Crippen molar-refractivity contribution >= 4 is 23.1 Å². The molecule has 1 aromatic rings. The molecule has 1 atom stereocenters. The third kappa shape index (κ3) is 2.14. The van der Waals surface area contributed by atoms with Gasteiger partial charge < -0.3 is 9.64 Å². The molecule has 1 aromatic heterocycles. The third-order valence-electron chi connectivity index (χ3n) is 3.64. The van der Waals surface area contributed by atoms with Crippen molar-refractivity contribution in [3.8, 4) is 0 Å². The topological polar surface area (TPSA) is 54.8 Å². The minimum Gasteiger partial charge on any atom is -0.463 e. The zero-order valence-corrected chi connectivity index (χ0v) is 12.4. The number of aromatic nitrogens is 1. The lowest BCUT2D eigenvalue weighted by molar-refractivity contribution is -0.138. The number of hydrogen-bond acceptors (Lipinski definition) is 6. The zero-order chi connectivity index (χ0) is 14.1. The molecule has 2 aliphatic rings. The number of amidine groups is 1. The Morgan fingerprint density at radius 1 is 1.60 bits per heavy atom. The van der Waals surface area contributed by atoms with Crippen LogP contribution in [0.1, 0.15) is 25.3 Å². The summed E-state index contributed by atoms with van der Waals surface area (Å²) in [6.07, 6.45) is 2.81. The fourth-order valence-electron chi connectivity index (χ4n) is 2.75. The van der Waals surface area contributed by atoms with Gasteiger partial charge in [-0.3, -0.25) is 4.99 Å². The summed E-state index contributed by atoms with van der Waals surface area (Å²) < 4.78 is 5.16. The average Bonchev–Trinajstić information content (AvgIpc) is 3.09. The quantitative estimate of drug-likeness (QED) is 0.800. The van der Waals surface area contributed by atoms with Gasteiger partial charge in [0.2, 0.25) is 0 Å². The Morgan fingerprint density at radius 2 is 2.45 bits per heavy atom. The Hall–Kier alpha value is -1.69. The van der Waals surface area contributed by atoms with E-state index in [0.29, 0.717) is 24.6 Å². The average molecular weight is 291 g/mol. The van der Waals surface area contributed by atoms with Gasteiger partial charge in [0.25, 0.3) is 0 Å². The van der Waals surface area contributed by atoms with Crippen molar-refractivity contribution in [2.75, 3.05) is 19.7 Å². The first kappa shape index (κ1) is 13.3. The van der Waals surface area contributed by atoms with E-state index >= 15 is 0 Å². The number of rotatable bonds is 3. The molecule has 2 aliphatic heterocycles. The molecular weight excluding hydrogens is 274 g/mol. The van der Waals surface area contributed by atoms with Gasteiger partial charge in [0.15, 0.2) is 10.8 Å². The fourth-order valence-corrected chi connectivity index (χ4v) is 3.40. The van der Waals surface area contributed by atoms with Crippen molar-refractivity contribution in [1.29, 1.82) is 0 Å². The van der Waals surface area contributed by atoms with E-state index in [4.69, 9.17) is 4.74 Å². The number of nitrogens with zero attached hydrogens (tertiary/aromatic N) is 3. The van der Waals surface area contributed by atoms with Gasteiger partial charge in [0.1, 0.15) is 0 Å². The molecule has 1 saturated heterocycles. The minimum atomic E-state index is -0.233. The summed E-state index contributed by atoms with van der Waals surface area (Å²) in [5.74, 6) is 1.02. The first-order valence-corrected chi connectivity index (χ1v) is 7.72. The summed E-state index contributed by atoms with van der Waals surface area (Å²) in [5, 5.41) is 2.86. The van der Waals surface area contributed by atoms with Gasteiger partial charge in [-0.25, -0.2) is 9.78 Å². The predicted octanol–water partition coefficient (Wildman–Crippen LogP) is 2.06. The number of aliphatic imine (C=N–C) groups is 1. The monoisotopic (exact) mass is 291 g/mol. The molecule has 0 aliphatic carbocycles. The molecule has 0 bridgehead atoms. The molecule has 0 N–H and O–H groups in total. The zero-order valence-electron chi connectivity index (χ0n) is 11.6. The van der Waals surface area contributed by atoms with Crippen LogP contribution in [0.15, 0.2) is 27.8 Å². The number of esters is 1. The van der Waals surface area contributed by atoms with E-state index in [2.05, 4.69) is 21.8 Å². The fraction of sp³-hybridized carbons (Fsp3) is 0.500. The molecule has 6 heteroatoms. The summed E-state index contributed by atoms with van der Waals surface area (Å²) in [6, 6.07) is 0. The number of ether oxygens (including phenoxy) is 1. The molecule has 0 spiro atoms. The number of carbonyl (C=O) groups is 1. The number of thiazole rings is 1. The normalized spacial score (nSPS) is 21.8. The largest absolute Gasteiger partial charge is 0.463 e. The van der Waals surface area contributed by atoms with Crippen molar-refractivity contribution < 1.29 is 9.53 Å². The van der Waals surface area contributed by atoms with Crippen LogP contribution in [-0.2, 0) is 9.53 Å². The van der Waals surface area contributed by atoms with Gasteiger partial charge in [-0.1, -0.05) is 6.92 Å².